The molecule has 80 heavy (non-hydrogen) atoms. The van der Waals surface area contributed by atoms with E-state index in [-0.39, 0.29) is 0 Å². The average molecular weight is 1020 g/mol. The van der Waals surface area contributed by atoms with Crippen molar-refractivity contribution in [1.82, 2.24) is 19.5 Å². The second kappa shape index (κ2) is 18.3. The predicted octanol–water partition coefficient (Wildman–Crippen LogP) is 19.0. The SMILES string of the molecule is c1ccc(-c2cc(-c3ccccc3)cc(-c3nc(-c4cc(-c5ccccc5)cc(-c5ccccc5)c4)nc(-c4ccc5c(c4)C4(c6ccccc6-5)c5ccccc5-c5cc6c7ccccc7n(-c7ccccc7)c6cc54)n3)c2)cc1. The molecule has 0 radical (unpaired) electrons. The Balaban J connectivity index is 0.963. The van der Waals surface area contributed by atoms with Crippen molar-refractivity contribution in [3.8, 4) is 107 Å². The van der Waals surface area contributed by atoms with Gasteiger partial charge in [0.25, 0.3) is 0 Å². The van der Waals surface area contributed by atoms with Crippen LogP contribution in [0.3, 0.4) is 0 Å². The zero-order valence-corrected chi connectivity index (χ0v) is 43.5. The standard InChI is InChI=1S/C76H48N4/c1-6-22-49(23-7-1)54-40-55(50-24-8-2-9-25-50)43-58(42-54)74-77-73(78-75(79-74)59-44-56(51-26-10-3-11-27-51)41-57(45-59)52-28-12-4-13-29-52)53-38-39-63-61-32-16-19-35-67(61)76(69(63)46-53)68-36-20-17-33-62(68)65-47-66-64-34-18-21-37-71(64)80(72(66)48-70(65)76)60-30-14-5-15-31-60/h1-48H. The molecule has 12 aromatic carbocycles. The van der Waals surface area contributed by atoms with Crippen LogP contribution >= 0.6 is 0 Å². The van der Waals surface area contributed by atoms with E-state index in [2.05, 4.69) is 296 Å². The summed E-state index contributed by atoms with van der Waals surface area (Å²) in [6.07, 6.45) is 0. The minimum atomic E-state index is -0.651. The van der Waals surface area contributed by atoms with Crippen molar-refractivity contribution in [2.24, 2.45) is 0 Å². The molecule has 16 rings (SSSR count). The minimum absolute atomic E-state index is 0.595. The van der Waals surface area contributed by atoms with Crippen molar-refractivity contribution in [2.45, 2.75) is 5.41 Å². The van der Waals surface area contributed by atoms with Gasteiger partial charge in [0, 0.05) is 33.2 Å². The van der Waals surface area contributed by atoms with E-state index in [1.807, 2.05) is 0 Å². The van der Waals surface area contributed by atoms with Crippen LogP contribution < -0.4 is 0 Å². The van der Waals surface area contributed by atoms with Crippen LogP contribution in [0.25, 0.3) is 128 Å². The fourth-order valence-electron chi connectivity index (χ4n) is 13.1. The zero-order valence-electron chi connectivity index (χ0n) is 43.5. The highest BCUT2D eigenvalue weighted by molar-refractivity contribution is 6.12. The highest BCUT2D eigenvalue weighted by Gasteiger charge is 2.52. The van der Waals surface area contributed by atoms with E-state index in [0.717, 1.165) is 66.9 Å². The second-order valence-corrected chi connectivity index (χ2v) is 21.1. The first-order chi connectivity index (χ1) is 39.6. The van der Waals surface area contributed by atoms with Gasteiger partial charge in [-0.25, -0.2) is 15.0 Å². The molecule has 0 aliphatic heterocycles. The summed E-state index contributed by atoms with van der Waals surface area (Å²) < 4.78 is 2.44. The van der Waals surface area contributed by atoms with Crippen molar-refractivity contribution >= 4 is 21.8 Å². The first-order valence-corrected chi connectivity index (χ1v) is 27.4. The summed E-state index contributed by atoms with van der Waals surface area (Å²) in [6.45, 7) is 0. The summed E-state index contributed by atoms with van der Waals surface area (Å²) in [5.41, 5.74) is 24.3. The van der Waals surface area contributed by atoms with Crippen LogP contribution in [0.1, 0.15) is 22.3 Å². The molecule has 4 nitrogen and oxygen atoms in total. The maximum atomic E-state index is 5.59. The van der Waals surface area contributed by atoms with E-state index in [0.29, 0.717) is 17.5 Å². The molecule has 0 amide bonds. The summed E-state index contributed by atoms with van der Waals surface area (Å²) in [7, 11) is 0. The fourth-order valence-corrected chi connectivity index (χ4v) is 13.1. The number of para-hydroxylation sites is 2. The lowest BCUT2D eigenvalue weighted by Crippen LogP contribution is -2.26. The number of hydrogen-bond acceptors (Lipinski definition) is 3. The molecule has 1 spiro atoms. The molecular formula is C76H48N4. The molecule has 2 aliphatic carbocycles. The number of benzene rings is 12. The number of hydrogen-bond donors (Lipinski definition) is 0. The van der Waals surface area contributed by atoms with Gasteiger partial charge >= 0.3 is 0 Å². The van der Waals surface area contributed by atoms with Crippen LogP contribution in [0.15, 0.2) is 291 Å². The maximum absolute atomic E-state index is 5.59. The second-order valence-electron chi connectivity index (χ2n) is 21.1. The van der Waals surface area contributed by atoms with Crippen molar-refractivity contribution in [1.29, 1.82) is 0 Å². The molecule has 1 atom stereocenters. The van der Waals surface area contributed by atoms with Gasteiger partial charge in [-0.3, -0.25) is 0 Å². The average Bonchev–Trinajstić information content (AvgIpc) is 2.98. The number of rotatable bonds is 8. The molecule has 0 bridgehead atoms. The van der Waals surface area contributed by atoms with E-state index >= 15 is 0 Å². The Morgan fingerprint density at radius 3 is 1.12 bits per heavy atom. The van der Waals surface area contributed by atoms with E-state index in [9.17, 15) is 0 Å². The smallest absolute Gasteiger partial charge is 0.164 e. The Morgan fingerprint density at radius 2 is 0.613 bits per heavy atom. The zero-order chi connectivity index (χ0) is 52.7. The van der Waals surface area contributed by atoms with Gasteiger partial charge in [0.2, 0.25) is 0 Å². The summed E-state index contributed by atoms with van der Waals surface area (Å²) in [5.74, 6) is 1.79. The number of aromatic nitrogens is 4. The van der Waals surface area contributed by atoms with Crippen molar-refractivity contribution < 1.29 is 0 Å². The monoisotopic (exact) mass is 1020 g/mol. The molecule has 0 fully saturated rings. The van der Waals surface area contributed by atoms with Crippen molar-refractivity contribution in [3.05, 3.63) is 313 Å². The van der Waals surface area contributed by atoms with Crippen LogP contribution in [0.5, 0.6) is 0 Å². The van der Waals surface area contributed by atoms with E-state index in [1.165, 1.54) is 66.3 Å². The highest BCUT2D eigenvalue weighted by atomic mass is 15.0. The lowest BCUT2D eigenvalue weighted by Gasteiger charge is -2.31. The Kier molecular flexibility index (Phi) is 10.4. The maximum Gasteiger partial charge on any atom is 0.164 e. The molecular weight excluding hydrogens is 969 g/mol. The lowest BCUT2D eigenvalue weighted by atomic mass is 9.70. The van der Waals surface area contributed by atoms with Gasteiger partial charge in [-0.05, 0) is 162 Å². The molecule has 2 aromatic heterocycles. The molecule has 2 aliphatic rings. The van der Waals surface area contributed by atoms with E-state index in [1.54, 1.807) is 0 Å². The van der Waals surface area contributed by atoms with Gasteiger partial charge in [0.15, 0.2) is 17.5 Å². The first kappa shape index (κ1) is 45.6. The summed E-state index contributed by atoms with van der Waals surface area (Å²) in [4.78, 5) is 16.7. The quantitative estimate of drug-likeness (QED) is 0.152. The Morgan fingerprint density at radius 1 is 0.225 bits per heavy atom. The third kappa shape index (κ3) is 7.20. The van der Waals surface area contributed by atoms with Crippen LogP contribution in [0.2, 0.25) is 0 Å². The summed E-state index contributed by atoms with van der Waals surface area (Å²) in [5, 5.41) is 2.47. The molecule has 0 N–H and O–H groups in total. The number of nitrogens with zero attached hydrogens (tertiary/aromatic N) is 4. The van der Waals surface area contributed by atoms with E-state index in [4.69, 9.17) is 15.0 Å². The van der Waals surface area contributed by atoms with Crippen LogP contribution in [0.4, 0.5) is 0 Å². The molecule has 372 valence electrons. The largest absolute Gasteiger partial charge is 0.309 e. The molecule has 14 aromatic rings. The highest BCUT2D eigenvalue weighted by Crippen LogP contribution is 2.64. The van der Waals surface area contributed by atoms with Gasteiger partial charge < -0.3 is 4.57 Å². The van der Waals surface area contributed by atoms with Crippen LogP contribution in [-0.2, 0) is 5.41 Å². The Hall–Kier alpha value is -10.6. The summed E-state index contributed by atoms with van der Waals surface area (Å²) >= 11 is 0. The molecule has 0 saturated heterocycles. The van der Waals surface area contributed by atoms with Gasteiger partial charge in [0.1, 0.15) is 0 Å². The Labute approximate surface area is 464 Å². The van der Waals surface area contributed by atoms with Gasteiger partial charge in [-0.1, -0.05) is 218 Å². The molecule has 0 saturated carbocycles. The minimum Gasteiger partial charge on any atom is -0.309 e. The molecule has 1 unspecified atom stereocenters. The first-order valence-electron chi connectivity index (χ1n) is 27.4. The third-order valence-electron chi connectivity index (χ3n) is 16.6. The molecule has 2 heterocycles. The molecule has 4 heteroatoms. The van der Waals surface area contributed by atoms with Crippen LogP contribution in [-0.4, -0.2) is 19.5 Å². The normalized spacial score (nSPS) is 13.8. The van der Waals surface area contributed by atoms with Gasteiger partial charge in [0.05, 0.1) is 16.4 Å². The van der Waals surface area contributed by atoms with Gasteiger partial charge in [-0.2, -0.15) is 0 Å². The topological polar surface area (TPSA) is 43.6 Å². The predicted molar refractivity (Wildman–Crippen MR) is 329 cm³/mol. The van der Waals surface area contributed by atoms with Crippen molar-refractivity contribution in [3.63, 3.8) is 0 Å². The van der Waals surface area contributed by atoms with E-state index < -0.39 is 5.41 Å². The Bertz CT molecular complexity index is 4480. The lowest BCUT2D eigenvalue weighted by molar-refractivity contribution is 0.794. The number of fused-ring (bicyclic) bond motifs is 13. The third-order valence-corrected chi connectivity index (χ3v) is 16.6. The fraction of sp³-hybridized carbons (Fsp3) is 0.0132. The van der Waals surface area contributed by atoms with Crippen LogP contribution in [0, 0.1) is 0 Å². The van der Waals surface area contributed by atoms with Crippen molar-refractivity contribution in [2.75, 3.05) is 0 Å². The van der Waals surface area contributed by atoms with Gasteiger partial charge in [-0.15, -0.1) is 0 Å². The summed E-state index contributed by atoms with van der Waals surface area (Å²) in [6, 6.07) is 106.